The number of rotatable bonds is 8. The Morgan fingerprint density at radius 1 is 0.588 bits per heavy atom. The SMILES string of the molecule is CC1(C)COC1c1ccc(OCc2ccc(COc3ccc(C4OCC4(C)C)cc3)cc2)cc1. The van der Waals surface area contributed by atoms with Crippen LogP contribution in [0.2, 0.25) is 0 Å². The molecule has 0 amide bonds. The molecule has 0 spiro atoms. The number of ether oxygens (including phenoxy) is 4. The number of hydrogen-bond acceptors (Lipinski definition) is 4. The molecule has 0 N–H and O–H groups in total. The Bertz CT molecular complexity index is 1010. The summed E-state index contributed by atoms with van der Waals surface area (Å²) in [7, 11) is 0. The Labute approximate surface area is 202 Å². The van der Waals surface area contributed by atoms with Gasteiger partial charge >= 0.3 is 0 Å². The summed E-state index contributed by atoms with van der Waals surface area (Å²) in [5.41, 5.74) is 5.09. The molecule has 2 saturated heterocycles. The first-order valence-electron chi connectivity index (χ1n) is 12.1. The van der Waals surface area contributed by atoms with E-state index in [4.69, 9.17) is 18.9 Å². The molecule has 5 rings (SSSR count). The van der Waals surface area contributed by atoms with Crippen LogP contribution in [-0.4, -0.2) is 13.2 Å². The number of benzene rings is 3. The smallest absolute Gasteiger partial charge is 0.119 e. The second-order valence-corrected chi connectivity index (χ2v) is 10.9. The second kappa shape index (κ2) is 9.09. The molecule has 178 valence electrons. The van der Waals surface area contributed by atoms with Crippen LogP contribution in [0.5, 0.6) is 11.5 Å². The fourth-order valence-electron chi connectivity index (χ4n) is 4.64. The van der Waals surface area contributed by atoms with Gasteiger partial charge < -0.3 is 18.9 Å². The van der Waals surface area contributed by atoms with Crippen molar-refractivity contribution in [3.05, 3.63) is 95.1 Å². The van der Waals surface area contributed by atoms with Gasteiger partial charge in [-0.25, -0.2) is 0 Å². The van der Waals surface area contributed by atoms with Gasteiger partial charge in [-0.05, 0) is 46.5 Å². The Morgan fingerprint density at radius 3 is 1.21 bits per heavy atom. The lowest BCUT2D eigenvalue weighted by Crippen LogP contribution is -2.40. The van der Waals surface area contributed by atoms with Crippen LogP contribution >= 0.6 is 0 Å². The predicted molar refractivity (Wildman–Crippen MR) is 133 cm³/mol. The van der Waals surface area contributed by atoms with Crippen LogP contribution in [0.4, 0.5) is 0 Å². The first-order chi connectivity index (χ1) is 16.3. The highest BCUT2D eigenvalue weighted by Crippen LogP contribution is 2.46. The van der Waals surface area contributed by atoms with E-state index in [-0.39, 0.29) is 23.0 Å². The molecule has 0 bridgehead atoms. The molecule has 0 aromatic heterocycles. The minimum Gasteiger partial charge on any atom is -0.489 e. The Morgan fingerprint density at radius 2 is 0.941 bits per heavy atom. The lowest BCUT2D eigenvalue weighted by atomic mass is 9.79. The third-order valence-electron chi connectivity index (χ3n) is 6.86. The third kappa shape index (κ3) is 4.84. The molecule has 2 atom stereocenters. The first kappa shape index (κ1) is 22.9. The van der Waals surface area contributed by atoms with Crippen LogP contribution in [0.25, 0.3) is 0 Å². The summed E-state index contributed by atoms with van der Waals surface area (Å²) < 4.78 is 23.4. The van der Waals surface area contributed by atoms with Gasteiger partial charge in [0.05, 0.1) is 25.4 Å². The van der Waals surface area contributed by atoms with E-state index in [0.29, 0.717) is 13.2 Å². The average molecular weight is 459 g/mol. The zero-order valence-electron chi connectivity index (χ0n) is 20.5. The van der Waals surface area contributed by atoms with Gasteiger partial charge in [0.2, 0.25) is 0 Å². The van der Waals surface area contributed by atoms with Gasteiger partial charge in [0.25, 0.3) is 0 Å². The Balaban J connectivity index is 1.09. The molecule has 0 aliphatic carbocycles. The molecule has 2 unspecified atom stereocenters. The fourth-order valence-corrected chi connectivity index (χ4v) is 4.64. The molecule has 2 heterocycles. The first-order valence-corrected chi connectivity index (χ1v) is 12.1. The van der Waals surface area contributed by atoms with Crippen molar-refractivity contribution in [2.24, 2.45) is 10.8 Å². The molecule has 4 nitrogen and oxygen atoms in total. The summed E-state index contributed by atoms with van der Waals surface area (Å²) in [6.45, 7) is 11.7. The highest BCUT2D eigenvalue weighted by atomic mass is 16.5. The van der Waals surface area contributed by atoms with Gasteiger partial charge in [-0.1, -0.05) is 76.2 Å². The van der Waals surface area contributed by atoms with Crippen molar-refractivity contribution < 1.29 is 18.9 Å². The van der Waals surface area contributed by atoms with Gasteiger partial charge in [-0.3, -0.25) is 0 Å². The lowest BCUT2D eigenvalue weighted by Gasteiger charge is -2.44. The molecule has 4 heteroatoms. The third-order valence-corrected chi connectivity index (χ3v) is 6.86. The summed E-state index contributed by atoms with van der Waals surface area (Å²) >= 11 is 0. The molecule has 3 aromatic rings. The van der Waals surface area contributed by atoms with E-state index in [1.54, 1.807) is 0 Å². The summed E-state index contributed by atoms with van der Waals surface area (Å²) in [4.78, 5) is 0. The molecular weight excluding hydrogens is 424 g/mol. The maximum atomic E-state index is 5.98. The van der Waals surface area contributed by atoms with Crippen molar-refractivity contribution in [2.45, 2.75) is 53.1 Å². The van der Waals surface area contributed by atoms with E-state index in [2.05, 4.69) is 76.2 Å². The molecule has 34 heavy (non-hydrogen) atoms. The predicted octanol–water partition coefficient (Wildman–Crippen LogP) is 7.04. The van der Waals surface area contributed by atoms with E-state index < -0.39 is 0 Å². The van der Waals surface area contributed by atoms with Crippen LogP contribution in [0.15, 0.2) is 72.8 Å². The van der Waals surface area contributed by atoms with Gasteiger partial charge in [-0.15, -0.1) is 0 Å². The maximum Gasteiger partial charge on any atom is 0.119 e. The van der Waals surface area contributed by atoms with Crippen molar-refractivity contribution >= 4 is 0 Å². The minimum absolute atomic E-state index is 0.179. The highest BCUT2D eigenvalue weighted by Gasteiger charge is 2.41. The van der Waals surface area contributed by atoms with Crippen molar-refractivity contribution in [3.63, 3.8) is 0 Å². The summed E-state index contributed by atoms with van der Waals surface area (Å²) in [6, 6.07) is 24.9. The van der Waals surface area contributed by atoms with Crippen LogP contribution in [-0.2, 0) is 22.7 Å². The van der Waals surface area contributed by atoms with Crippen LogP contribution in [0, 0.1) is 10.8 Å². The van der Waals surface area contributed by atoms with E-state index in [0.717, 1.165) is 35.8 Å². The molecule has 2 aliphatic heterocycles. The van der Waals surface area contributed by atoms with E-state index in [1.165, 1.54) is 11.1 Å². The molecule has 3 aromatic carbocycles. The van der Waals surface area contributed by atoms with Gasteiger partial charge in [0.1, 0.15) is 24.7 Å². The normalized spacial score (nSPS) is 22.4. The summed E-state index contributed by atoms with van der Waals surface area (Å²) in [5, 5.41) is 0. The van der Waals surface area contributed by atoms with E-state index >= 15 is 0 Å². The quantitative estimate of drug-likeness (QED) is 0.363. The second-order valence-electron chi connectivity index (χ2n) is 10.9. The lowest BCUT2D eigenvalue weighted by molar-refractivity contribution is -0.172. The van der Waals surface area contributed by atoms with Crippen LogP contribution < -0.4 is 9.47 Å². The zero-order valence-corrected chi connectivity index (χ0v) is 20.5. The van der Waals surface area contributed by atoms with E-state index in [9.17, 15) is 0 Å². The van der Waals surface area contributed by atoms with Crippen LogP contribution in [0.3, 0.4) is 0 Å². The molecule has 0 saturated carbocycles. The van der Waals surface area contributed by atoms with Crippen molar-refractivity contribution in [3.8, 4) is 11.5 Å². The van der Waals surface area contributed by atoms with Crippen molar-refractivity contribution in [1.82, 2.24) is 0 Å². The summed E-state index contributed by atoms with van der Waals surface area (Å²) in [6.07, 6.45) is 0.358. The minimum atomic E-state index is 0.179. The fraction of sp³-hybridized carbons (Fsp3) is 0.400. The van der Waals surface area contributed by atoms with Crippen LogP contribution in [0.1, 0.15) is 62.2 Å². The van der Waals surface area contributed by atoms with Crippen molar-refractivity contribution in [1.29, 1.82) is 0 Å². The van der Waals surface area contributed by atoms with Gasteiger partial charge in [0.15, 0.2) is 0 Å². The summed E-state index contributed by atoms with van der Waals surface area (Å²) in [5.74, 6) is 1.74. The maximum absolute atomic E-state index is 5.98. The molecule has 2 fully saturated rings. The van der Waals surface area contributed by atoms with Crippen molar-refractivity contribution in [2.75, 3.05) is 13.2 Å². The molecular formula is C30H34O4. The molecule has 0 radical (unpaired) electrons. The van der Waals surface area contributed by atoms with Gasteiger partial charge in [-0.2, -0.15) is 0 Å². The largest absolute Gasteiger partial charge is 0.489 e. The van der Waals surface area contributed by atoms with Gasteiger partial charge in [0, 0.05) is 10.8 Å². The highest BCUT2D eigenvalue weighted by molar-refractivity contribution is 5.32. The monoisotopic (exact) mass is 458 g/mol. The topological polar surface area (TPSA) is 36.9 Å². The zero-order chi connectivity index (χ0) is 23.8. The standard InChI is InChI=1S/C30H34O4/c1-29(2)19-33-27(29)23-9-13-25(14-10-23)31-17-21-5-7-22(8-6-21)18-32-26-15-11-24(12-16-26)28-30(3,4)20-34-28/h5-16,27-28H,17-20H2,1-4H3. The number of hydrogen-bond donors (Lipinski definition) is 0. The van der Waals surface area contributed by atoms with E-state index in [1.807, 2.05) is 24.3 Å². The Kier molecular flexibility index (Phi) is 6.13. The molecule has 2 aliphatic rings. The Hall–Kier alpha value is -2.82. The average Bonchev–Trinajstić information content (AvgIpc) is 2.82.